The van der Waals surface area contributed by atoms with Crippen molar-refractivity contribution in [3.05, 3.63) is 107 Å². The number of ketones is 1. The predicted octanol–water partition coefficient (Wildman–Crippen LogP) is 4.65. The third-order valence-corrected chi connectivity index (χ3v) is 4.43. The zero-order chi connectivity index (χ0) is 19.5. The molecule has 0 spiro atoms. The first-order chi connectivity index (χ1) is 13.6. The van der Waals surface area contributed by atoms with Gasteiger partial charge >= 0.3 is 5.97 Å². The Labute approximate surface area is 162 Å². The predicted molar refractivity (Wildman–Crippen MR) is 108 cm³/mol. The minimum atomic E-state index is -0.888. The van der Waals surface area contributed by atoms with Gasteiger partial charge in [-0.15, -0.1) is 0 Å². The van der Waals surface area contributed by atoms with Crippen molar-refractivity contribution in [1.82, 2.24) is 0 Å². The second-order valence-corrected chi connectivity index (χ2v) is 6.45. The summed E-state index contributed by atoms with van der Waals surface area (Å²) in [6.07, 6.45) is 0. The summed E-state index contributed by atoms with van der Waals surface area (Å²) < 4.78 is 5.34. The van der Waals surface area contributed by atoms with E-state index < -0.39 is 11.8 Å². The van der Waals surface area contributed by atoms with Crippen LogP contribution in [0.15, 0.2) is 95.5 Å². The average Bonchev–Trinajstić information content (AvgIpc) is 3.03. The standard InChI is InChI=1S/C24H17NO3/c1-16-12-14-19(15-13-16)25-21(17-8-4-2-5-9-17)20-22(26)24(27)28-23(20)18-10-6-3-7-11-18/h2-15H,1H3. The van der Waals surface area contributed by atoms with Gasteiger partial charge in [-0.05, 0) is 19.1 Å². The van der Waals surface area contributed by atoms with Gasteiger partial charge in [-0.2, -0.15) is 0 Å². The van der Waals surface area contributed by atoms with Crippen LogP contribution in [0.5, 0.6) is 0 Å². The summed E-state index contributed by atoms with van der Waals surface area (Å²) in [6, 6.07) is 26.1. The number of benzene rings is 3. The summed E-state index contributed by atoms with van der Waals surface area (Å²) >= 11 is 0. The number of carbonyl (C=O) groups is 2. The molecule has 28 heavy (non-hydrogen) atoms. The van der Waals surface area contributed by atoms with Crippen LogP contribution >= 0.6 is 0 Å². The molecule has 0 atom stereocenters. The highest BCUT2D eigenvalue weighted by Crippen LogP contribution is 2.31. The van der Waals surface area contributed by atoms with Gasteiger partial charge in [-0.25, -0.2) is 9.79 Å². The number of hydrogen-bond acceptors (Lipinski definition) is 4. The summed E-state index contributed by atoms with van der Waals surface area (Å²) in [5.41, 5.74) is 3.79. The lowest BCUT2D eigenvalue weighted by atomic mass is 9.96. The van der Waals surface area contributed by atoms with E-state index in [0.29, 0.717) is 17.0 Å². The number of carbonyl (C=O) groups excluding carboxylic acids is 2. The van der Waals surface area contributed by atoms with Crippen molar-refractivity contribution in [2.75, 3.05) is 0 Å². The molecule has 136 valence electrons. The van der Waals surface area contributed by atoms with E-state index in [0.717, 1.165) is 11.1 Å². The second kappa shape index (κ2) is 7.45. The quantitative estimate of drug-likeness (QED) is 0.383. The molecule has 0 N–H and O–H groups in total. The Morgan fingerprint density at radius 1 is 0.786 bits per heavy atom. The van der Waals surface area contributed by atoms with Gasteiger partial charge in [0.15, 0.2) is 5.76 Å². The van der Waals surface area contributed by atoms with Gasteiger partial charge in [0.1, 0.15) is 0 Å². The third-order valence-electron chi connectivity index (χ3n) is 4.43. The van der Waals surface area contributed by atoms with Gasteiger partial charge in [0.05, 0.1) is 17.0 Å². The number of cyclic esters (lactones) is 1. The highest BCUT2D eigenvalue weighted by Gasteiger charge is 2.38. The minimum Gasteiger partial charge on any atom is -0.419 e. The topological polar surface area (TPSA) is 55.7 Å². The number of hydrogen-bond donors (Lipinski definition) is 0. The van der Waals surface area contributed by atoms with Gasteiger partial charge < -0.3 is 4.74 Å². The molecule has 0 unspecified atom stereocenters. The maximum Gasteiger partial charge on any atom is 0.385 e. The van der Waals surface area contributed by atoms with Crippen molar-refractivity contribution in [2.45, 2.75) is 6.92 Å². The summed E-state index contributed by atoms with van der Waals surface area (Å²) in [5, 5.41) is 0. The monoisotopic (exact) mass is 367 g/mol. The molecule has 0 fully saturated rings. The van der Waals surface area contributed by atoms with Gasteiger partial charge in [0, 0.05) is 11.1 Å². The van der Waals surface area contributed by atoms with Crippen LogP contribution < -0.4 is 0 Å². The molecule has 0 aliphatic carbocycles. The second-order valence-electron chi connectivity index (χ2n) is 6.45. The molecule has 4 nitrogen and oxygen atoms in total. The Morgan fingerprint density at radius 3 is 2.04 bits per heavy atom. The first-order valence-electron chi connectivity index (χ1n) is 8.91. The fraction of sp³-hybridized carbons (Fsp3) is 0.0417. The number of ether oxygens (including phenoxy) is 1. The number of rotatable bonds is 4. The third kappa shape index (κ3) is 3.40. The maximum absolute atomic E-state index is 12.7. The van der Waals surface area contributed by atoms with E-state index >= 15 is 0 Å². The van der Waals surface area contributed by atoms with Crippen LogP contribution in [0.4, 0.5) is 5.69 Å². The van der Waals surface area contributed by atoms with Crippen LogP contribution in [-0.4, -0.2) is 17.5 Å². The smallest absolute Gasteiger partial charge is 0.385 e. The van der Waals surface area contributed by atoms with E-state index in [2.05, 4.69) is 0 Å². The molecule has 0 radical (unpaired) electrons. The Bertz CT molecular complexity index is 1100. The molecule has 0 saturated heterocycles. The molecule has 1 aliphatic rings. The lowest BCUT2D eigenvalue weighted by Gasteiger charge is -2.09. The fourth-order valence-electron chi connectivity index (χ4n) is 3.01. The molecule has 4 heteroatoms. The highest BCUT2D eigenvalue weighted by atomic mass is 16.5. The van der Waals surface area contributed by atoms with Crippen LogP contribution in [0.2, 0.25) is 0 Å². The number of esters is 1. The van der Waals surface area contributed by atoms with Gasteiger partial charge in [-0.3, -0.25) is 4.79 Å². The van der Waals surface area contributed by atoms with E-state index in [1.807, 2.05) is 79.7 Å². The normalized spacial score (nSPS) is 14.4. The maximum atomic E-state index is 12.7. The van der Waals surface area contributed by atoms with Crippen LogP contribution in [0, 0.1) is 6.92 Å². The zero-order valence-corrected chi connectivity index (χ0v) is 15.3. The van der Waals surface area contributed by atoms with Gasteiger partial charge in [-0.1, -0.05) is 78.4 Å². The Kier molecular flexibility index (Phi) is 4.68. The number of aryl methyl sites for hydroxylation is 1. The molecular formula is C24H17NO3. The largest absolute Gasteiger partial charge is 0.419 e. The van der Waals surface area contributed by atoms with Crippen LogP contribution in [0.25, 0.3) is 5.76 Å². The van der Waals surface area contributed by atoms with Crippen molar-refractivity contribution in [3.8, 4) is 0 Å². The summed E-state index contributed by atoms with van der Waals surface area (Å²) in [5.74, 6) is -1.33. The lowest BCUT2D eigenvalue weighted by Crippen LogP contribution is -2.17. The molecular weight excluding hydrogens is 350 g/mol. The molecule has 3 aromatic rings. The van der Waals surface area contributed by atoms with Crippen LogP contribution in [0.1, 0.15) is 16.7 Å². The van der Waals surface area contributed by atoms with E-state index in [4.69, 9.17) is 9.73 Å². The number of Topliss-reactive ketones (excluding diaryl/α,β-unsaturated/α-hetero) is 1. The van der Waals surface area contributed by atoms with E-state index in [1.165, 1.54) is 0 Å². The Morgan fingerprint density at radius 2 is 1.39 bits per heavy atom. The highest BCUT2D eigenvalue weighted by molar-refractivity contribution is 6.54. The average molecular weight is 367 g/mol. The van der Waals surface area contributed by atoms with Crippen molar-refractivity contribution in [1.29, 1.82) is 0 Å². The molecule has 1 aliphatic heterocycles. The Hall–Kier alpha value is -3.79. The van der Waals surface area contributed by atoms with E-state index in [9.17, 15) is 9.59 Å². The SMILES string of the molecule is Cc1ccc(N=C(C2=C(c3ccccc3)OC(=O)C2=O)c2ccccc2)cc1. The zero-order valence-electron chi connectivity index (χ0n) is 15.3. The fourth-order valence-corrected chi connectivity index (χ4v) is 3.01. The van der Waals surface area contributed by atoms with Crippen LogP contribution in [-0.2, 0) is 14.3 Å². The van der Waals surface area contributed by atoms with Crippen molar-refractivity contribution in [2.24, 2.45) is 4.99 Å². The summed E-state index contributed by atoms with van der Waals surface area (Å²) in [4.78, 5) is 29.6. The van der Waals surface area contributed by atoms with Crippen LogP contribution in [0.3, 0.4) is 0 Å². The minimum absolute atomic E-state index is 0.183. The number of nitrogens with zero attached hydrogens (tertiary/aromatic N) is 1. The molecule has 0 aromatic heterocycles. The van der Waals surface area contributed by atoms with Gasteiger partial charge in [0.25, 0.3) is 5.78 Å². The molecule has 3 aromatic carbocycles. The number of aliphatic imine (C=N–C) groups is 1. The first kappa shape index (κ1) is 17.6. The first-order valence-corrected chi connectivity index (χ1v) is 8.91. The van der Waals surface area contributed by atoms with Crippen molar-refractivity contribution in [3.63, 3.8) is 0 Å². The van der Waals surface area contributed by atoms with Crippen molar-refractivity contribution >= 4 is 28.9 Å². The lowest BCUT2D eigenvalue weighted by molar-refractivity contribution is -0.144. The van der Waals surface area contributed by atoms with Gasteiger partial charge in [0.2, 0.25) is 0 Å². The Balaban J connectivity index is 1.95. The molecule has 0 amide bonds. The summed E-state index contributed by atoms with van der Waals surface area (Å²) in [6.45, 7) is 1.99. The van der Waals surface area contributed by atoms with E-state index in [-0.39, 0.29) is 11.3 Å². The molecule has 1 heterocycles. The molecule has 4 rings (SSSR count). The molecule has 0 bridgehead atoms. The van der Waals surface area contributed by atoms with Crippen molar-refractivity contribution < 1.29 is 14.3 Å². The molecule has 0 saturated carbocycles. The van der Waals surface area contributed by atoms with E-state index in [1.54, 1.807) is 12.1 Å². The summed E-state index contributed by atoms with van der Waals surface area (Å²) in [7, 11) is 0.